The van der Waals surface area contributed by atoms with Crippen LogP contribution in [0.25, 0.3) is 0 Å². The molecule has 30 heavy (non-hydrogen) atoms. The fourth-order valence-electron chi connectivity index (χ4n) is 2.74. The van der Waals surface area contributed by atoms with Crippen molar-refractivity contribution in [2.75, 3.05) is 19.0 Å². The molecule has 0 saturated heterocycles. The maximum Gasteiger partial charge on any atom is 0.252 e. The van der Waals surface area contributed by atoms with Crippen molar-refractivity contribution in [3.05, 3.63) is 48.0 Å². The van der Waals surface area contributed by atoms with Crippen LogP contribution in [0.15, 0.2) is 47.6 Å². The number of carbonyl (C=O) groups excluding carboxylic acids is 2. The van der Waals surface area contributed by atoms with Crippen LogP contribution in [0.1, 0.15) is 26.3 Å². The summed E-state index contributed by atoms with van der Waals surface area (Å²) in [5, 5.41) is 16.4. The molecule has 2 rings (SSSR count). The Hall–Kier alpha value is -3.55. The minimum atomic E-state index is -0.928. The van der Waals surface area contributed by atoms with Gasteiger partial charge in [0.25, 0.3) is 5.91 Å². The van der Waals surface area contributed by atoms with E-state index >= 15 is 0 Å². The van der Waals surface area contributed by atoms with Crippen LogP contribution in [0.4, 0.5) is 5.69 Å². The summed E-state index contributed by atoms with van der Waals surface area (Å²) in [7, 11) is 1.56. The molecule has 0 aliphatic heterocycles. The summed E-state index contributed by atoms with van der Waals surface area (Å²) in [6.45, 7) is 5.79. The first-order valence-electron chi connectivity index (χ1n) is 9.59. The van der Waals surface area contributed by atoms with Crippen molar-refractivity contribution in [1.82, 2.24) is 5.43 Å². The summed E-state index contributed by atoms with van der Waals surface area (Å²) in [4.78, 5) is 25.2. The third-order valence-corrected chi connectivity index (χ3v) is 4.26. The molecular weight excluding hydrogens is 386 g/mol. The van der Waals surface area contributed by atoms with Gasteiger partial charge in [0.2, 0.25) is 5.91 Å². The largest absolute Gasteiger partial charge is 0.504 e. The molecule has 0 aliphatic carbocycles. The predicted molar refractivity (Wildman–Crippen MR) is 115 cm³/mol. The summed E-state index contributed by atoms with van der Waals surface area (Å²) in [6, 6.07) is 11.6. The van der Waals surface area contributed by atoms with E-state index in [1.165, 1.54) is 12.3 Å². The quantitative estimate of drug-likeness (QED) is 0.332. The van der Waals surface area contributed by atoms with E-state index in [1.807, 2.05) is 6.92 Å². The van der Waals surface area contributed by atoms with E-state index in [9.17, 15) is 14.7 Å². The monoisotopic (exact) mass is 413 g/mol. The molecule has 0 bridgehead atoms. The highest BCUT2D eigenvalue weighted by Crippen LogP contribution is 2.26. The Morgan fingerprint density at radius 3 is 2.43 bits per heavy atom. The molecule has 2 amide bonds. The average Bonchev–Trinajstić information content (AvgIpc) is 2.71. The number of phenols is 1. The van der Waals surface area contributed by atoms with Gasteiger partial charge >= 0.3 is 0 Å². The van der Waals surface area contributed by atoms with Crippen LogP contribution >= 0.6 is 0 Å². The summed E-state index contributed by atoms with van der Waals surface area (Å²) in [5.74, 6) is -1.09. The van der Waals surface area contributed by atoms with E-state index in [1.54, 1.807) is 57.4 Å². The van der Waals surface area contributed by atoms with E-state index in [0.717, 1.165) is 0 Å². The van der Waals surface area contributed by atoms with Crippen molar-refractivity contribution in [3.8, 4) is 17.2 Å². The van der Waals surface area contributed by atoms with Gasteiger partial charge in [0.15, 0.2) is 11.5 Å². The second kappa shape index (κ2) is 10.8. The lowest BCUT2D eigenvalue weighted by Gasteiger charge is -2.18. The Labute approximate surface area is 175 Å². The van der Waals surface area contributed by atoms with Crippen molar-refractivity contribution in [3.63, 3.8) is 0 Å². The van der Waals surface area contributed by atoms with Crippen LogP contribution in [0, 0.1) is 11.8 Å². The Bertz CT molecular complexity index is 894. The van der Waals surface area contributed by atoms with Gasteiger partial charge in [0, 0.05) is 5.69 Å². The number of rotatable bonds is 9. The third-order valence-electron chi connectivity index (χ3n) is 4.26. The number of methoxy groups -OCH3 is 1. The van der Waals surface area contributed by atoms with Gasteiger partial charge in [-0.25, -0.2) is 5.43 Å². The molecule has 8 nitrogen and oxygen atoms in total. The standard InChI is InChI=1S/C22H27N3O5/c1-5-30-19-12-15(6-11-18(19)26)13-23-25-22(28)20(14(2)3)21(27)24-16-7-9-17(29-4)10-8-16/h6-14,20,26H,5H2,1-4H3,(H,24,27)(H,25,28). The first kappa shape index (κ1) is 22.7. The smallest absolute Gasteiger partial charge is 0.252 e. The van der Waals surface area contributed by atoms with E-state index < -0.39 is 17.7 Å². The van der Waals surface area contributed by atoms with Crippen LogP contribution in [-0.4, -0.2) is 36.9 Å². The van der Waals surface area contributed by atoms with Crippen molar-refractivity contribution in [2.45, 2.75) is 20.8 Å². The molecule has 160 valence electrons. The molecule has 3 N–H and O–H groups in total. The molecule has 2 aromatic rings. The van der Waals surface area contributed by atoms with E-state index in [4.69, 9.17) is 9.47 Å². The van der Waals surface area contributed by atoms with Gasteiger partial charge in [-0.2, -0.15) is 5.10 Å². The van der Waals surface area contributed by atoms with Crippen molar-refractivity contribution < 1.29 is 24.2 Å². The Kier molecular flexibility index (Phi) is 8.22. The predicted octanol–water partition coefficient (Wildman–Crippen LogP) is 3.16. The van der Waals surface area contributed by atoms with Gasteiger partial charge in [-0.15, -0.1) is 0 Å². The van der Waals surface area contributed by atoms with Gasteiger partial charge in [-0.3, -0.25) is 9.59 Å². The van der Waals surface area contributed by atoms with Crippen LogP contribution in [-0.2, 0) is 9.59 Å². The molecule has 1 atom stereocenters. The highest BCUT2D eigenvalue weighted by molar-refractivity contribution is 6.06. The van der Waals surface area contributed by atoms with Crippen molar-refractivity contribution in [1.29, 1.82) is 0 Å². The number of hydrogen-bond acceptors (Lipinski definition) is 6. The van der Waals surface area contributed by atoms with Gasteiger partial charge in [-0.1, -0.05) is 13.8 Å². The number of nitrogens with zero attached hydrogens (tertiary/aromatic N) is 1. The number of ether oxygens (including phenoxy) is 2. The number of phenolic OH excluding ortho intramolecular Hbond substituents is 1. The number of hydrogen-bond donors (Lipinski definition) is 3. The maximum absolute atomic E-state index is 12.6. The Morgan fingerprint density at radius 2 is 1.83 bits per heavy atom. The second-order valence-electron chi connectivity index (χ2n) is 6.83. The van der Waals surface area contributed by atoms with Gasteiger partial charge in [0.1, 0.15) is 11.7 Å². The van der Waals surface area contributed by atoms with Crippen molar-refractivity contribution in [2.24, 2.45) is 16.9 Å². The summed E-state index contributed by atoms with van der Waals surface area (Å²) < 4.78 is 10.4. The lowest BCUT2D eigenvalue weighted by molar-refractivity contribution is -0.134. The fourth-order valence-corrected chi connectivity index (χ4v) is 2.74. The van der Waals surface area contributed by atoms with Crippen LogP contribution in [0.5, 0.6) is 17.2 Å². The lowest BCUT2D eigenvalue weighted by Crippen LogP contribution is -2.39. The molecule has 1 unspecified atom stereocenters. The topological polar surface area (TPSA) is 109 Å². The van der Waals surface area contributed by atoms with Crippen LogP contribution < -0.4 is 20.2 Å². The average molecular weight is 413 g/mol. The second-order valence-corrected chi connectivity index (χ2v) is 6.83. The van der Waals surface area contributed by atoms with Crippen molar-refractivity contribution >= 4 is 23.7 Å². The molecule has 0 spiro atoms. The number of hydrazone groups is 1. The fraction of sp³-hybridized carbons (Fsp3) is 0.318. The zero-order chi connectivity index (χ0) is 22.1. The van der Waals surface area contributed by atoms with E-state index in [-0.39, 0.29) is 11.7 Å². The first-order chi connectivity index (χ1) is 14.3. The van der Waals surface area contributed by atoms with Gasteiger partial charge in [-0.05, 0) is 60.9 Å². The third kappa shape index (κ3) is 6.23. The molecule has 0 heterocycles. The van der Waals surface area contributed by atoms with E-state index in [2.05, 4.69) is 15.8 Å². The number of anilines is 1. The zero-order valence-electron chi connectivity index (χ0n) is 17.5. The molecule has 0 fully saturated rings. The zero-order valence-corrected chi connectivity index (χ0v) is 17.5. The number of amides is 2. The number of aromatic hydroxyl groups is 1. The molecule has 2 aromatic carbocycles. The number of benzene rings is 2. The minimum absolute atomic E-state index is 0.0214. The van der Waals surface area contributed by atoms with Gasteiger partial charge < -0.3 is 19.9 Å². The molecule has 0 radical (unpaired) electrons. The Morgan fingerprint density at radius 1 is 1.13 bits per heavy atom. The number of nitrogens with one attached hydrogen (secondary N) is 2. The Balaban J connectivity index is 2.03. The molecule has 0 aliphatic rings. The molecule has 8 heteroatoms. The normalized spacial score (nSPS) is 11.9. The highest BCUT2D eigenvalue weighted by Gasteiger charge is 2.29. The molecule has 0 aromatic heterocycles. The first-order valence-corrected chi connectivity index (χ1v) is 9.59. The summed E-state index contributed by atoms with van der Waals surface area (Å²) in [6.07, 6.45) is 1.42. The summed E-state index contributed by atoms with van der Waals surface area (Å²) >= 11 is 0. The van der Waals surface area contributed by atoms with E-state index in [0.29, 0.717) is 29.4 Å². The van der Waals surface area contributed by atoms with Crippen LogP contribution in [0.2, 0.25) is 0 Å². The SMILES string of the molecule is CCOc1cc(C=NNC(=O)C(C(=O)Nc2ccc(OC)cc2)C(C)C)ccc1O. The highest BCUT2D eigenvalue weighted by atomic mass is 16.5. The maximum atomic E-state index is 12.6. The minimum Gasteiger partial charge on any atom is -0.504 e. The summed E-state index contributed by atoms with van der Waals surface area (Å²) in [5.41, 5.74) is 3.60. The number of carbonyl (C=O) groups is 2. The van der Waals surface area contributed by atoms with Crippen LogP contribution in [0.3, 0.4) is 0 Å². The lowest BCUT2D eigenvalue weighted by atomic mass is 9.94. The molecule has 0 saturated carbocycles. The molecular formula is C22H27N3O5. The van der Waals surface area contributed by atoms with Gasteiger partial charge in [0.05, 0.1) is 19.9 Å².